The first-order valence-corrected chi connectivity index (χ1v) is 5.57. The predicted octanol–water partition coefficient (Wildman–Crippen LogP) is 1.76. The molecule has 2 atom stereocenters. The van der Waals surface area contributed by atoms with E-state index in [4.69, 9.17) is 4.74 Å². The van der Waals surface area contributed by atoms with Crippen molar-refractivity contribution in [3.8, 4) is 0 Å². The number of alkyl carbamates (subject to hydrolysis) is 1. The highest BCUT2D eigenvalue weighted by Crippen LogP contribution is 2.11. The molecule has 0 radical (unpaired) electrons. The average molecular weight is 216 g/mol. The van der Waals surface area contributed by atoms with Crippen molar-refractivity contribution in [3.05, 3.63) is 0 Å². The highest BCUT2D eigenvalue weighted by Gasteiger charge is 2.23. The van der Waals surface area contributed by atoms with Crippen molar-refractivity contribution in [1.29, 1.82) is 0 Å². The Bertz CT molecular complexity index is 229. The zero-order valence-electron chi connectivity index (χ0n) is 10.1. The summed E-state index contributed by atoms with van der Waals surface area (Å²) in [6.07, 6.45) is 0.704. The third-order valence-corrected chi connectivity index (χ3v) is 2.29. The predicted molar refractivity (Wildman–Crippen MR) is 61.9 cm³/mol. The van der Waals surface area contributed by atoms with E-state index in [0.29, 0.717) is 5.92 Å². The number of hydrogen-bond donors (Lipinski definition) is 2. The van der Waals surface area contributed by atoms with Gasteiger partial charge in [0, 0.05) is 14.0 Å². The topological polar surface area (TPSA) is 50.4 Å². The minimum atomic E-state index is -0.419. The van der Waals surface area contributed by atoms with Gasteiger partial charge in [0.15, 0.2) is 0 Å². The van der Waals surface area contributed by atoms with Gasteiger partial charge in [0.1, 0.15) is 5.60 Å². The third kappa shape index (κ3) is 5.02. The van der Waals surface area contributed by atoms with Crippen molar-refractivity contribution in [2.75, 3.05) is 13.1 Å². The van der Waals surface area contributed by atoms with Gasteiger partial charge >= 0.3 is 6.09 Å². The average Bonchev–Trinajstić information content (AvgIpc) is 1.99. The molecule has 0 spiro atoms. The van der Waals surface area contributed by atoms with Crippen LogP contribution in [-0.2, 0) is 4.74 Å². The lowest BCUT2D eigenvalue weighted by Gasteiger charge is -2.29. The summed E-state index contributed by atoms with van der Waals surface area (Å²) >= 11 is 0. The van der Waals surface area contributed by atoms with Gasteiger partial charge in [0.25, 0.3) is 0 Å². The van der Waals surface area contributed by atoms with Crippen LogP contribution in [0.2, 0.25) is 0 Å². The maximum absolute atomic E-state index is 11.5. The molecule has 1 amide bonds. The van der Waals surface area contributed by atoms with Crippen LogP contribution in [0.3, 0.4) is 0 Å². The van der Waals surface area contributed by atoms with Crippen molar-refractivity contribution in [2.45, 2.75) is 45.8 Å². The molecule has 4 nitrogen and oxygen atoms in total. The first kappa shape index (κ1) is 12.3. The molecule has 0 aromatic heterocycles. The Labute approximate surface area is 93.2 Å². The van der Waals surface area contributed by atoms with E-state index in [0.717, 1.165) is 19.5 Å². The summed E-state index contributed by atoms with van der Waals surface area (Å²) in [6.45, 7) is 9.66. The molecule has 15 heavy (non-hydrogen) atoms. The maximum Gasteiger partial charge on any atom is 0.407 e. The van der Waals surface area contributed by atoms with Gasteiger partial charge in [-0.2, -0.15) is 0 Å². The van der Waals surface area contributed by atoms with E-state index >= 15 is 0 Å². The highest BCUT2D eigenvalue weighted by molar-refractivity contribution is 5.68. The van der Waals surface area contributed by atoms with Gasteiger partial charge in [-0.3, -0.25) is 0 Å². The fourth-order valence-electron chi connectivity index (χ4n) is 1.74. The van der Waals surface area contributed by atoms with Crippen molar-refractivity contribution in [2.24, 2.45) is 5.92 Å². The number of hydrogen-bond acceptors (Lipinski definition) is 3. The lowest BCUT2D eigenvalue weighted by Crippen LogP contribution is -2.49. The molecular weight excluding hydrogens is 192 g/mol. The van der Waals surface area contributed by atoms with E-state index in [1.165, 1.54) is 0 Å². The summed E-state index contributed by atoms with van der Waals surface area (Å²) in [6, 6.07) is 0.198. The Hall–Kier alpha value is -0.770. The third-order valence-electron chi connectivity index (χ3n) is 2.29. The van der Waals surface area contributed by atoms with E-state index in [-0.39, 0.29) is 13.6 Å². The number of piperidine rings is 1. The van der Waals surface area contributed by atoms with E-state index in [1.807, 2.05) is 20.8 Å². The number of rotatable bonds is 1. The number of amides is 1. The minimum Gasteiger partial charge on any atom is -0.444 e. The maximum atomic E-state index is 11.5. The van der Waals surface area contributed by atoms with Gasteiger partial charge in [-0.05, 0) is 39.7 Å². The van der Waals surface area contributed by atoms with Crippen LogP contribution in [0.4, 0.5) is 4.79 Å². The fraction of sp³-hybridized carbons (Fsp3) is 0.909. The summed E-state index contributed by atoms with van der Waals surface area (Å²) in [4.78, 5) is 11.5. The van der Waals surface area contributed by atoms with Gasteiger partial charge in [0.2, 0.25) is 0 Å². The zero-order chi connectivity index (χ0) is 11.5. The number of carbonyl (C=O) groups excluding carboxylic acids is 1. The SMILES string of the molecule is C[C@@H]1CNC[C@H](NC(=O)OC(C)(C)C)C1.[HH]. The van der Waals surface area contributed by atoms with Crippen molar-refractivity contribution in [3.63, 3.8) is 0 Å². The molecule has 1 heterocycles. The van der Waals surface area contributed by atoms with Crippen LogP contribution >= 0.6 is 0 Å². The van der Waals surface area contributed by atoms with Crippen molar-refractivity contribution < 1.29 is 11.0 Å². The van der Waals surface area contributed by atoms with Gasteiger partial charge in [-0.25, -0.2) is 4.79 Å². The normalized spacial score (nSPS) is 27.2. The van der Waals surface area contributed by atoms with Crippen molar-refractivity contribution in [1.82, 2.24) is 10.6 Å². The quantitative estimate of drug-likeness (QED) is 0.702. The van der Waals surface area contributed by atoms with Crippen LogP contribution in [0.5, 0.6) is 0 Å². The first-order chi connectivity index (χ1) is 6.87. The molecule has 0 unspecified atom stereocenters. The molecule has 4 heteroatoms. The smallest absolute Gasteiger partial charge is 0.407 e. The van der Waals surface area contributed by atoms with E-state index in [9.17, 15) is 4.79 Å². The summed E-state index contributed by atoms with van der Waals surface area (Å²) in [5.74, 6) is 0.610. The number of nitrogens with one attached hydrogen (secondary N) is 2. The molecule has 0 bridgehead atoms. The molecule has 1 rings (SSSR count). The molecule has 1 fully saturated rings. The van der Waals surface area contributed by atoms with Gasteiger partial charge in [0.05, 0.1) is 0 Å². The first-order valence-electron chi connectivity index (χ1n) is 5.57. The Morgan fingerprint density at radius 1 is 1.47 bits per heavy atom. The Kier molecular flexibility index (Phi) is 3.97. The molecule has 0 saturated carbocycles. The number of carbonyl (C=O) groups is 1. The van der Waals surface area contributed by atoms with E-state index in [2.05, 4.69) is 17.6 Å². The molecule has 0 aromatic carbocycles. The van der Waals surface area contributed by atoms with Crippen LogP contribution in [-0.4, -0.2) is 30.8 Å². The molecule has 1 saturated heterocycles. The minimum absolute atomic E-state index is 0. The molecule has 1 aliphatic rings. The van der Waals surface area contributed by atoms with E-state index in [1.54, 1.807) is 0 Å². The van der Waals surface area contributed by atoms with Crippen LogP contribution in [0, 0.1) is 5.92 Å². The van der Waals surface area contributed by atoms with Crippen LogP contribution in [0.1, 0.15) is 35.5 Å². The molecule has 2 N–H and O–H groups in total. The van der Waals surface area contributed by atoms with Gasteiger partial charge in [-0.1, -0.05) is 6.92 Å². The van der Waals surface area contributed by atoms with Gasteiger partial charge < -0.3 is 15.4 Å². The molecule has 90 valence electrons. The second kappa shape index (κ2) is 4.84. The molecular formula is C11H24N2O2. The Morgan fingerprint density at radius 3 is 2.67 bits per heavy atom. The molecule has 1 aliphatic heterocycles. The summed E-state index contributed by atoms with van der Waals surface area (Å²) in [5, 5.41) is 6.16. The fourth-order valence-corrected chi connectivity index (χ4v) is 1.74. The summed E-state index contributed by atoms with van der Waals surface area (Å²) in [7, 11) is 0. The van der Waals surface area contributed by atoms with Crippen LogP contribution < -0.4 is 10.6 Å². The zero-order valence-corrected chi connectivity index (χ0v) is 10.1. The summed E-state index contributed by atoms with van der Waals surface area (Å²) in [5.41, 5.74) is -0.419. The van der Waals surface area contributed by atoms with Crippen LogP contribution in [0.15, 0.2) is 0 Å². The Balaban J connectivity index is 0.00000225. The monoisotopic (exact) mass is 216 g/mol. The van der Waals surface area contributed by atoms with Crippen molar-refractivity contribution >= 4 is 6.09 Å². The van der Waals surface area contributed by atoms with Gasteiger partial charge in [-0.15, -0.1) is 0 Å². The molecule has 0 aromatic rings. The largest absolute Gasteiger partial charge is 0.444 e. The lowest BCUT2D eigenvalue weighted by atomic mass is 9.98. The number of ether oxygens (including phenoxy) is 1. The highest BCUT2D eigenvalue weighted by atomic mass is 16.6. The standard InChI is InChI=1S/C11H22N2O2.H2/c1-8-5-9(7-12-6-8)13-10(14)15-11(2,3)4;/h8-9,12H,5-7H2,1-4H3,(H,13,14);1H/t8-,9+;/m0./s1. The lowest BCUT2D eigenvalue weighted by molar-refractivity contribution is 0.0491. The second-order valence-electron chi connectivity index (χ2n) is 5.34. The summed E-state index contributed by atoms with van der Waals surface area (Å²) < 4.78 is 5.20. The van der Waals surface area contributed by atoms with E-state index < -0.39 is 5.60 Å². The second-order valence-corrected chi connectivity index (χ2v) is 5.34. The molecule has 0 aliphatic carbocycles. The Morgan fingerprint density at radius 2 is 2.13 bits per heavy atom. The van der Waals surface area contributed by atoms with Crippen LogP contribution in [0.25, 0.3) is 0 Å².